The highest BCUT2D eigenvalue weighted by atomic mass is 16.2. The third-order valence-electron chi connectivity index (χ3n) is 7.96. The summed E-state index contributed by atoms with van der Waals surface area (Å²) in [5.74, 6) is 4.61. The van der Waals surface area contributed by atoms with Crippen molar-refractivity contribution in [2.45, 2.75) is 63.8 Å². The molecule has 1 saturated heterocycles. The Morgan fingerprint density at radius 3 is 2.23 bits per heavy atom. The Hall–Kier alpha value is -0.570. The average Bonchev–Trinajstić information content (AvgIpc) is 2.99. The molecular formula is C19H30N2O. The minimum absolute atomic E-state index is 0.349. The molecule has 3 unspecified atom stereocenters. The zero-order chi connectivity index (χ0) is 14.9. The van der Waals surface area contributed by atoms with E-state index in [2.05, 4.69) is 4.90 Å². The largest absolute Gasteiger partial charge is 0.342 e. The fraction of sp³-hybridized carbons (Fsp3) is 0.947. The Labute approximate surface area is 134 Å². The van der Waals surface area contributed by atoms with Crippen LogP contribution in [0, 0.1) is 35.0 Å². The Morgan fingerprint density at radius 1 is 1.00 bits per heavy atom. The van der Waals surface area contributed by atoms with Gasteiger partial charge in [0.25, 0.3) is 0 Å². The van der Waals surface area contributed by atoms with Crippen LogP contribution in [0.1, 0.15) is 57.8 Å². The third kappa shape index (κ3) is 2.07. The monoisotopic (exact) mass is 302 g/mol. The van der Waals surface area contributed by atoms with Crippen molar-refractivity contribution in [2.24, 2.45) is 40.7 Å². The lowest BCUT2D eigenvalue weighted by molar-refractivity contribution is -0.138. The number of rotatable bonds is 2. The normalized spacial score (nSPS) is 52.3. The summed E-state index contributed by atoms with van der Waals surface area (Å²) in [6.45, 7) is 1.96. The maximum Gasteiger partial charge on any atom is 0.223 e. The van der Waals surface area contributed by atoms with E-state index in [0.717, 1.165) is 37.3 Å². The van der Waals surface area contributed by atoms with E-state index in [1.807, 2.05) is 0 Å². The van der Waals surface area contributed by atoms with Crippen LogP contribution < -0.4 is 5.73 Å². The standard InChI is InChI=1S/C19H30N2O/c20-17-2-1-15-10-21(11-16(15)17)18(22)9-19-6-12-3-13(7-19)5-14(4-12)8-19/h12-17H,1-11,20H2. The average molecular weight is 302 g/mol. The van der Waals surface area contributed by atoms with Crippen molar-refractivity contribution < 1.29 is 4.79 Å². The minimum Gasteiger partial charge on any atom is -0.342 e. The fourth-order valence-electron chi connectivity index (χ4n) is 7.45. The first-order valence-corrected chi connectivity index (χ1v) is 9.64. The number of amides is 1. The van der Waals surface area contributed by atoms with Gasteiger partial charge >= 0.3 is 0 Å². The van der Waals surface area contributed by atoms with Crippen LogP contribution in [0.2, 0.25) is 0 Å². The first-order chi connectivity index (χ1) is 10.6. The van der Waals surface area contributed by atoms with Crippen molar-refractivity contribution in [1.29, 1.82) is 0 Å². The molecule has 122 valence electrons. The number of nitrogens with zero attached hydrogens (tertiary/aromatic N) is 1. The van der Waals surface area contributed by atoms with Crippen molar-refractivity contribution in [3.63, 3.8) is 0 Å². The lowest BCUT2D eigenvalue weighted by Crippen LogP contribution is -2.48. The first-order valence-electron chi connectivity index (χ1n) is 9.64. The van der Waals surface area contributed by atoms with E-state index >= 15 is 0 Å². The molecule has 0 aromatic rings. The van der Waals surface area contributed by atoms with Gasteiger partial charge in [-0.25, -0.2) is 0 Å². The van der Waals surface area contributed by atoms with Crippen molar-refractivity contribution >= 4 is 5.91 Å². The Morgan fingerprint density at radius 2 is 1.64 bits per heavy atom. The molecule has 6 fully saturated rings. The molecule has 3 nitrogen and oxygen atoms in total. The highest BCUT2D eigenvalue weighted by Gasteiger charge is 2.52. The molecule has 1 heterocycles. The van der Waals surface area contributed by atoms with Crippen LogP contribution in [-0.2, 0) is 4.79 Å². The predicted molar refractivity (Wildman–Crippen MR) is 86.0 cm³/mol. The van der Waals surface area contributed by atoms with Crippen molar-refractivity contribution in [2.75, 3.05) is 13.1 Å². The molecule has 0 aromatic carbocycles. The summed E-state index contributed by atoms with van der Waals surface area (Å²) in [4.78, 5) is 15.1. The van der Waals surface area contributed by atoms with Gasteiger partial charge in [-0.2, -0.15) is 0 Å². The van der Waals surface area contributed by atoms with E-state index in [0.29, 0.717) is 29.2 Å². The predicted octanol–water partition coefficient (Wildman–Crippen LogP) is 2.79. The molecule has 0 radical (unpaired) electrons. The number of fused-ring (bicyclic) bond motifs is 1. The highest BCUT2D eigenvalue weighted by molar-refractivity contribution is 5.77. The molecule has 3 heteroatoms. The van der Waals surface area contributed by atoms with Gasteiger partial charge in [0.15, 0.2) is 0 Å². The SMILES string of the molecule is NC1CCC2CN(C(=O)CC34CC5CC(CC(C5)C3)C4)CC12. The van der Waals surface area contributed by atoms with Gasteiger partial charge in [0.05, 0.1) is 0 Å². The molecule has 1 amide bonds. The molecular weight excluding hydrogens is 272 g/mol. The molecule has 5 aliphatic carbocycles. The van der Waals surface area contributed by atoms with Crippen LogP contribution in [0.3, 0.4) is 0 Å². The molecule has 0 aromatic heterocycles. The number of nitrogens with two attached hydrogens (primary N) is 1. The molecule has 4 bridgehead atoms. The highest BCUT2D eigenvalue weighted by Crippen LogP contribution is 2.61. The first kappa shape index (κ1) is 13.8. The third-order valence-corrected chi connectivity index (χ3v) is 7.96. The fourth-order valence-corrected chi connectivity index (χ4v) is 7.45. The van der Waals surface area contributed by atoms with Crippen molar-refractivity contribution in [3.8, 4) is 0 Å². The second-order valence-corrected chi connectivity index (χ2v) is 9.56. The van der Waals surface area contributed by atoms with Crippen molar-refractivity contribution in [1.82, 2.24) is 4.90 Å². The van der Waals surface area contributed by atoms with Gasteiger partial charge in [0, 0.05) is 25.6 Å². The lowest BCUT2D eigenvalue weighted by Gasteiger charge is -2.57. The molecule has 2 N–H and O–H groups in total. The molecule has 1 aliphatic heterocycles. The number of carbonyl (C=O) groups is 1. The van der Waals surface area contributed by atoms with Gasteiger partial charge in [-0.3, -0.25) is 4.79 Å². The Bertz CT molecular complexity index is 453. The summed E-state index contributed by atoms with van der Waals surface area (Å²) in [6, 6.07) is 0.349. The number of carbonyl (C=O) groups excluding carboxylic acids is 1. The molecule has 0 spiro atoms. The number of likely N-dealkylation sites (tertiary alicyclic amines) is 1. The van der Waals surface area contributed by atoms with Gasteiger partial charge in [0.2, 0.25) is 5.91 Å². The number of hydrogen-bond acceptors (Lipinski definition) is 2. The van der Waals surface area contributed by atoms with Crippen LogP contribution in [0.15, 0.2) is 0 Å². The van der Waals surface area contributed by atoms with Crippen molar-refractivity contribution in [3.05, 3.63) is 0 Å². The number of hydrogen-bond donors (Lipinski definition) is 1. The lowest BCUT2D eigenvalue weighted by atomic mass is 9.49. The van der Waals surface area contributed by atoms with Gasteiger partial charge < -0.3 is 10.6 Å². The van der Waals surface area contributed by atoms with Crippen LogP contribution in [0.5, 0.6) is 0 Å². The van der Waals surface area contributed by atoms with Crippen LogP contribution in [0.25, 0.3) is 0 Å². The summed E-state index contributed by atoms with van der Waals surface area (Å²) in [5, 5.41) is 0. The Kier molecular flexibility index (Phi) is 2.97. The van der Waals surface area contributed by atoms with E-state index in [1.54, 1.807) is 0 Å². The second-order valence-electron chi connectivity index (χ2n) is 9.56. The van der Waals surface area contributed by atoms with Gasteiger partial charge in [0.1, 0.15) is 0 Å². The summed E-state index contributed by atoms with van der Waals surface area (Å²) in [6.07, 6.45) is 11.7. The summed E-state index contributed by atoms with van der Waals surface area (Å²) >= 11 is 0. The van der Waals surface area contributed by atoms with E-state index in [4.69, 9.17) is 5.73 Å². The smallest absolute Gasteiger partial charge is 0.223 e. The zero-order valence-electron chi connectivity index (χ0n) is 13.7. The maximum atomic E-state index is 13.0. The summed E-state index contributed by atoms with van der Waals surface area (Å²) < 4.78 is 0. The van der Waals surface area contributed by atoms with Crippen LogP contribution in [0.4, 0.5) is 0 Å². The van der Waals surface area contributed by atoms with Gasteiger partial charge in [-0.1, -0.05) is 0 Å². The molecule has 3 atom stereocenters. The van der Waals surface area contributed by atoms with Gasteiger partial charge in [-0.05, 0) is 86.4 Å². The second kappa shape index (κ2) is 4.72. The minimum atomic E-state index is 0.349. The molecule has 6 aliphatic rings. The maximum absolute atomic E-state index is 13.0. The van der Waals surface area contributed by atoms with Gasteiger partial charge in [-0.15, -0.1) is 0 Å². The quantitative estimate of drug-likeness (QED) is 0.852. The van der Waals surface area contributed by atoms with Crippen LogP contribution >= 0.6 is 0 Å². The summed E-state index contributed by atoms with van der Waals surface area (Å²) in [7, 11) is 0. The molecule has 6 rings (SSSR count). The molecule has 5 saturated carbocycles. The van der Waals surface area contributed by atoms with Crippen LogP contribution in [-0.4, -0.2) is 29.9 Å². The molecule has 22 heavy (non-hydrogen) atoms. The summed E-state index contributed by atoms with van der Waals surface area (Å²) in [5.41, 5.74) is 6.63. The Balaban J connectivity index is 1.27. The van der Waals surface area contributed by atoms with E-state index in [-0.39, 0.29) is 0 Å². The zero-order valence-corrected chi connectivity index (χ0v) is 13.7. The van der Waals surface area contributed by atoms with E-state index in [1.165, 1.54) is 51.4 Å². The topological polar surface area (TPSA) is 46.3 Å². The van der Waals surface area contributed by atoms with E-state index < -0.39 is 0 Å². The van der Waals surface area contributed by atoms with E-state index in [9.17, 15) is 4.79 Å².